The van der Waals surface area contributed by atoms with E-state index in [1.165, 1.54) is 12.1 Å². The van der Waals surface area contributed by atoms with Crippen LogP contribution in [0, 0.1) is 0 Å². The Labute approximate surface area is 95.1 Å². The minimum Gasteiger partial charge on any atom is -0.326 e. The van der Waals surface area contributed by atoms with Crippen molar-refractivity contribution in [2.24, 2.45) is 5.73 Å². The van der Waals surface area contributed by atoms with Crippen molar-refractivity contribution < 1.29 is 16.8 Å². The molecule has 0 radical (unpaired) electrons. The first-order valence-electron chi connectivity index (χ1n) is 4.39. The summed E-state index contributed by atoms with van der Waals surface area (Å²) in [6.45, 7) is 0.0892. The van der Waals surface area contributed by atoms with E-state index < -0.39 is 19.7 Å². The van der Waals surface area contributed by atoms with Crippen LogP contribution in [0.15, 0.2) is 28.0 Å². The molecule has 0 amide bonds. The summed E-state index contributed by atoms with van der Waals surface area (Å²) in [7, 11) is -6.88. The first kappa shape index (κ1) is 13.1. The lowest BCUT2D eigenvalue weighted by Gasteiger charge is -2.06. The van der Waals surface area contributed by atoms with Gasteiger partial charge in [0.25, 0.3) is 0 Å². The smallest absolute Gasteiger partial charge is 0.175 e. The normalized spacial score (nSPS) is 12.7. The van der Waals surface area contributed by atoms with Gasteiger partial charge in [0, 0.05) is 19.1 Å². The van der Waals surface area contributed by atoms with Crippen LogP contribution in [0.4, 0.5) is 0 Å². The zero-order valence-electron chi connectivity index (χ0n) is 8.97. The highest BCUT2D eigenvalue weighted by molar-refractivity contribution is 7.91. The molecule has 1 rings (SSSR count). The summed E-state index contributed by atoms with van der Waals surface area (Å²) >= 11 is 0. The third kappa shape index (κ3) is 3.03. The molecule has 0 saturated heterocycles. The van der Waals surface area contributed by atoms with Crippen LogP contribution in [-0.2, 0) is 26.2 Å². The number of hydrogen-bond donors (Lipinski definition) is 1. The lowest BCUT2D eigenvalue weighted by molar-refractivity contribution is 0.599. The summed E-state index contributed by atoms with van der Waals surface area (Å²) in [6.07, 6.45) is 2.05. The molecule has 0 aliphatic rings. The molecule has 0 saturated carbocycles. The fourth-order valence-corrected chi connectivity index (χ4v) is 2.66. The molecule has 2 N–H and O–H groups in total. The lowest BCUT2D eigenvalue weighted by atomic mass is 10.2. The number of rotatable bonds is 3. The van der Waals surface area contributed by atoms with Gasteiger partial charge in [-0.1, -0.05) is 0 Å². The zero-order chi connectivity index (χ0) is 12.6. The summed E-state index contributed by atoms with van der Waals surface area (Å²) in [6, 6.07) is 3.90. The Bertz CT molecular complexity index is 552. The van der Waals surface area contributed by atoms with Crippen LogP contribution in [0.1, 0.15) is 5.56 Å². The molecule has 0 unspecified atom stereocenters. The highest BCUT2D eigenvalue weighted by Gasteiger charge is 2.14. The molecule has 5 nitrogen and oxygen atoms in total. The van der Waals surface area contributed by atoms with Gasteiger partial charge in [-0.15, -0.1) is 0 Å². The Morgan fingerprint density at radius 2 is 1.31 bits per heavy atom. The minimum absolute atomic E-state index is 0.0316. The van der Waals surface area contributed by atoms with E-state index >= 15 is 0 Å². The maximum atomic E-state index is 11.3. The van der Waals surface area contributed by atoms with Gasteiger partial charge in [-0.05, 0) is 23.8 Å². The van der Waals surface area contributed by atoms with Crippen molar-refractivity contribution in [2.45, 2.75) is 16.3 Å². The van der Waals surface area contributed by atoms with Crippen molar-refractivity contribution in [3.05, 3.63) is 23.8 Å². The Morgan fingerprint density at radius 3 is 1.56 bits per heavy atom. The highest BCUT2D eigenvalue weighted by Crippen LogP contribution is 2.18. The Kier molecular flexibility index (Phi) is 3.41. The molecule has 0 heterocycles. The van der Waals surface area contributed by atoms with E-state index in [1.54, 1.807) is 0 Å². The molecule has 90 valence electrons. The quantitative estimate of drug-likeness (QED) is 0.825. The molecule has 7 heteroatoms. The van der Waals surface area contributed by atoms with E-state index in [4.69, 9.17) is 5.73 Å². The van der Waals surface area contributed by atoms with Crippen LogP contribution in [0.3, 0.4) is 0 Å². The molecule has 0 atom stereocenters. The van der Waals surface area contributed by atoms with E-state index in [9.17, 15) is 16.8 Å². The van der Waals surface area contributed by atoms with E-state index in [1.807, 2.05) is 0 Å². The molecule has 0 bridgehead atoms. The largest absolute Gasteiger partial charge is 0.326 e. The fourth-order valence-electron chi connectivity index (χ4n) is 1.18. The summed E-state index contributed by atoms with van der Waals surface area (Å²) < 4.78 is 45.4. The second-order valence-corrected chi connectivity index (χ2v) is 7.59. The monoisotopic (exact) mass is 263 g/mol. The average molecular weight is 263 g/mol. The van der Waals surface area contributed by atoms with Crippen molar-refractivity contribution in [2.75, 3.05) is 12.5 Å². The van der Waals surface area contributed by atoms with Gasteiger partial charge in [-0.25, -0.2) is 16.8 Å². The molecule has 0 aromatic heterocycles. The molecule has 0 spiro atoms. The number of nitrogens with two attached hydrogens (primary N) is 1. The van der Waals surface area contributed by atoms with Crippen molar-refractivity contribution in [1.29, 1.82) is 0 Å². The van der Waals surface area contributed by atoms with Gasteiger partial charge < -0.3 is 5.73 Å². The van der Waals surface area contributed by atoms with E-state index in [0.29, 0.717) is 5.56 Å². The fraction of sp³-hybridized carbons (Fsp3) is 0.333. The third-order valence-corrected chi connectivity index (χ3v) is 4.22. The molecule has 0 fully saturated rings. The summed E-state index contributed by atoms with van der Waals surface area (Å²) in [5.41, 5.74) is 5.86. The van der Waals surface area contributed by atoms with Crippen LogP contribution in [0.25, 0.3) is 0 Å². The molecular weight excluding hydrogens is 250 g/mol. The number of sulfone groups is 2. The number of benzene rings is 1. The van der Waals surface area contributed by atoms with Gasteiger partial charge in [-0.3, -0.25) is 0 Å². The third-order valence-electron chi connectivity index (χ3n) is 2.03. The Morgan fingerprint density at radius 1 is 0.938 bits per heavy atom. The molecule has 16 heavy (non-hydrogen) atoms. The van der Waals surface area contributed by atoms with E-state index in [2.05, 4.69) is 0 Å². The number of hydrogen-bond acceptors (Lipinski definition) is 5. The van der Waals surface area contributed by atoms with Crippen molar-refractivity contribution in [3.8, 4) is 0 Å². The predicted octanol–water partition coefficient (Wildman–Crippen LogP) is -0.0477. The topological polar surface area (TPSA) is 94.3 Å². The SMILES string of the molecule is CS(=O)(=O)c1cc(CN)cc(S(C)(=O)=O)c1. The van der Waals surface area contributed by atoms with Crippen molar-refractivity contribution in [1.82, 2.24) is 0 Å². The Balaban J connectivity index is 3.58. The van der Waals surface area contributed by atoms with Crippen LogP contribution < -0.4 is 5.73 Å². The standard InChI is InChI=1S/C9H13NO4S2/c1-15(11,12)8-3-7(6-10)4-9(5-8)16(2,13)14/h3-5H,6,10H2,1-2H3. The van der Waals surface area contributed by atoms with Crippen molar-refractivity contribution >= 4 is 19.7 Å². The highest BCUT2D eigenvalue weighted by atomic mass is 32.2. The first-order valence-corrected chi connectivity index (χ1v) is 8.17. The van der Waals surface area contributed by atoms with Crippen LogP contribution in [0.2, 0.25) is 0 Å². The average Bonchev–Trinajstić information content (AvgIpc) is 2.14. The van der Waals surface area contributed by atoms with Crippen LogP contribution >= 0.6 is 0 Å². The van der Waals surface area contributed by atoms with Gasteiger partial charge in [-0.2, -0.15) is 0 Å². The molecule has 0 aliphatic heterocycles. The molecule has 1 aromatic rings. The summed E-state index contributed by atoms with van der Waals surface area (Å²) in [5, 5.41) is 0. The maximum absolute atomic E-state index is 11.3. The van der Waals surface area contributed by atoms with E-state index in [0.717, 1.165) is 18.6 Å². The van der Waals surface area contributed by atoms with Gasteiger partial charge >= 0.3 is 0 Å². The van der Waals surface area contributed by atoms with Crippen LogP contribution in [-0.4, -0.2) is 29.3 Å². The van der Waals surface area contributed by atoms with E-state index in [-0.39, 0.29) is 16.3 Å². The molecular formula is C9H13NO4S2. The zero-order valence-corrected chi connectivity index (χ0v) is 10.6. The van der Waals surface area contributed by atoms with Gasteiger partial charge in [0.1, 0.15) is 0 Å². The maximum Gasteiger partial charge on any atom is 0.175 e. The Hall–Kier alpha value is -0.920. The van der Waals surface area contributed by atoms with Crippen LogP contribution in [0.5, 0.6) is 0 Å². The summed E-state index contributed by atoms with van der Waals surface area (Å²) in [4.78, 5) is -0.0632. The second-order valence-electron chi connectivity index (χ2n) is 3.56. The van der Waals surface area contributed by atoms with Gasteiger partial charge in [0.2, 0.25) is 0 Å². The predicted molar refractivity (Wildman–Crippen MR) is 60.6 cm³/mol. The molecule has 1 aromatic carbocycles. The summed E-state index contributed by atoms with van der Waals surface area (Å²) in [5.74, 6) is 0. The molecule has 0 aliphatic carbocycles. The second kappa shape index (κ2) is 4.15. The van der Waals surface area contributed by atoms with Gasteiger partial charge in [0.15, 0.2) is 19.7 Å². The van der Waals surface area contributed by atoms with Crippen molar-refractivity contribution in [3.63, 3.8) is 0 Å². The lowest BCUT2D eigenvalue weighted by Crippen LogP contribution is -2.06. The first-order chi connectivity index (χ1) is 7.14. The minimum atomic E-state index is -3.44. The van der Waals surface area contributed by atoms with Gasteiger partial charge in [0.05, 0.1) is 9.79 Å².